The third-order valence-electron chi connectivity index (χ3n) is 4.47. The first-order valence-electron chi connectivity index (χ1n) is 8.46. The monoisotopic (exact) mass is 339 g/mol. The van der Waals surface area contributed by atoms with Gasteiger partial charge in [0.15, 0.2) is 0 Å². The molecule has 1 aromatic carbocycles. The van der Waals surface area contributed by atoms with Gasteiger partial charge in [-0.3, -0.25) is 0 Å². The van der Waals surface area contributed by atoms with Crippen molar-refractivity contribution in [2.75, 3.05) is 26.4 Å². The molecule has 1 unspecified atom stereocenters. The zero-order chi connectivity index (χ0) is 16.1. The number of ether oxygens (including phenoxy) is 2. The highest BCUT2D eigenvalue weighted by atomic mass is 32.2. The summed E-state index contributed by atoms with van der Waals surface area (Å²) in [5.41, 5.74) is 2.46. The predicted octanol–water partition coefficient (Wildman–Crippen LogP) is 2.04. The SMILES string of the molecule is O=S(=O)(NCCCOCC1CCCO1)c1ccc2c(c1)CCC2. The molecular weight excluding hydrogens is 314 g/mol. The standard InChI is InChI=1S/C17H25NO4S/c19-23(20,17-8-7-14-4-1-5-15(14)12-17)18-9-3-10-21-13-16-6-2-11-22-16/h7-8,12,16,18H,1-6,9-11,13H2. The molecule has 1 aliphatic heterocycles. The van der Waals surface area contributed by atoms with Crippen LogP contribution in [0, 0.1) is 0 Å². The summed E-state index contributed by atoms with van der Waals surface area (Å²) >= 11 is 0. The molecule has 0 amide bonds. The van der Waals surface area contributed by atoms with E-state index >= 15 is 0 Å². The van der Waals surface area contributed by atoms with E-state index in [1.165, 1.54) is 11.1 Å². The number of hydrogen-bond acceptors (Lipinski definition) is 4. The lowest BCUT2D eigenvalue weighted by molar-refractivity contribution is 0.0169. The minimum absolute atomic E-state index is 0.220. The fourth-order valence-corrected chi connectivity index (χ4v) is 4.29. The van der Waals surface area contributed by atoms with E-state index in [1.807, 2.05) is 12.1 Å². The average Bonchev–Trinajstić information content (AvgIpc) is 3.21. The van der Waals surface area contributed by atoms with Gasteiger partial charge in [0.2, 0.25) is 10.0 Å². The molecule has 0 saturated carbocycles. The topological polar surface area (TPSA) is 64.6 Å². The molecule has 0 radical (unpaired) electrons. The lowest BCUT2D eigenvalue weighted by atomic mass is 10.1. The van der Waals surface area contributed by atoms with Crippen molar-refractivity contribution in [2.45, 2.75) is 49.5 Å². The number of aryl methyl sites for hydroxylation is 2. The third kappa shape index (κ3) is 4.53. The summed E-state index contributed by atoms with van der Waals surface area (Å²) in [6.45, 7) is 2.38. The second-order valence-corrected chi connectivity index (χ2v) is 8.01. The molecule has 1 N–H and O–H groups in total. The Hall–Kier alpha value is -0.950. The molecule has 23 heavy (non-hydrogen) atoms. The van der Waals surface area contributed by atoms with Gasteiger partial charge in [0, 0.05) is 19.8 Å². The van der Waals surface area contributed by atoms with Gasteiger partial charge < -0.3 is 9.47 Å². The first kappa shape index (κ1) is 16.9. The number of sulfonamides is 1. The van der Waals surface area contributed by atoms with Gasteiger partial charge in [0.1, 0.15) is 0 Å². The normalized spacial score (nSPS) is 20.8. The van der Waals surface area contributed by atoms with Crippen LogP contribution < -0.4 is 4.72 Å². The van der Waals surface area contributed by atoms with Crippen LogP contribution in [0.1, 0.15) is 36.8 Å². The van der Waals surface area contributed by atoms with E-state index in [2.05, 4.69) is 4.72 Å². The lowest BCUT2D eigenvalue weighted by Crippen LogP contribution is -2.26. The number of fused-ring (bicyclic) bond motifs is 1. The van der Waals surface area contributed by atoms with Gasteiger partial charge in [0.05, 0.1) is 17.6 Å². The number of rotatable bonds is 8. The van der Waals surface area contributed by atoms with Crippen molar-refractivity contribution in [3.8, 4) is 0 Å². The number of nitrogens with one attached hydrogen (secondary N) is 1. The zero-order valence-electron chi connectivity index (χ0n) is 13.4. The van der Waals surface area contributed by atoms with E-state index in [1.54, 1.807) is 6.07 Å². The molecule has 6 heteroatoms. The van der Waals surface area contributed by atoms with Crippen LogP contribution in [-0.4, -0.2) is 40.9 Å². The van der Waals surface area contributed by atoms with E-state index < -0.39 is 10.0 Å². The summed E-state index contributed by atoms with van der Waals surface area (Å²) in [4.78, 5) is 0.374. The highest BCUT2D eigenvalue weighted by Gasteiger charge is 2.18. The summed E-state index contributed by atoms with van der Waals surface area (Å²) in [5.74, 6) is 0. The maximum Gasteiger partial charge on any atom is 0.240 e. The Morgan fingerprint density at radius 3 is 2.91 bits per heavy atom. The van der Waals surface area contributed by atoms with E-state index in [0.29, 0.717) is 31.1 Å². The van der Waals surface area contributed by atoms with Gasteiger partial charge in [-0.2, -0.15) is 0 Å². The molecular formula is C17H25NO4S. The lowest BCUT2D eigenvalue weighted by Gasteiger charge is -2.11. The first-order chi connectivity index (χ1) is 11.1. The Morgan fingerprint density at radius 2 is 2.09 bits per heavy atom. The first-order valence-corrected chi connectivity index (χ1v) is 9.94. The summed E-state index contributed by atoms with van der Waals surface area (Å²) in [6.07, 6.45) is 6.21. The Bertz CT molecular complexity index is 623. The molecule has 1 heterocycles. The van der Waals surface area contributed by atoms with Gasteiger partial charge in [-0.15, -0.1) is 0 Å². The van der Waals surface area contributed by atoms with Crippen molar-refractivity contribution < 1.29 is 17.9 Å². The summed E-state index contributed by atoms with van der Waals surface area (Å²) < 4.78 is 38.3. The van der Waals surface area contributed by atoms with Crippen LogP contribution in [0.4, 0.5) is 0 Å². The molecule has 1 aromatic rings. The van der Waals surface area contributed by atoms with Crippen LogP contribution in [-0.2, 0) is 32.3 Å². The van der Waals surface area contributed by atoms with Crippen LogP contribution in [0.25, 0.3) is 0 Å². The third-order valence-corrected chi connectivity index (χ3v) is 5.92. The minimum atomic E-state index is -3.41. The number of benzene rings is 1. The Kier molecular flexibility index (Phi) is 5.69. The van der Waals surface area contributed by atoms with Crippen molar-refractivity contribution >= 4 is 10.0 Å². The molecule has 1 atom stereocenters. The number of hydrogen-bond donors (Lipinski definition) is 1. The van der Waals surface area contributed by atoms with E-state index in [4.69, 9.17) is 9.47 Å². The van der Waals surface area contributed by atoms with Gasteiger partial charge in [-0.25, -0.2) is 13.1 Å². The molecule has 0 bridgehead atoms. The molecule has 2 aliphatic rings. The van der Waals surface area contributed by atoms with Gasteiger partial charge in [-0.05, 0) is 61.8 Å². The zero-order valence-corrected chi connectivity index (χ0v) is 14.2. The molecule has 5 nitrogen and oxygen atoms in total. The smallest absolute Gasteiger partial charge is 0.240 e. The molecule has 0 aromatic heterocycles. The summed E-state index contributed by atoms with van der Waals surface area (Å²) in [5, 5.41) is 0. The van der Waals surface area contributed by atoms with Crippen molar-refractivity contribution in [3.05, 3.63) is 29.3 Å². The molecule has 128 valence electrons. The predicted molar refractivity (Wildman–Crippen MR) is 88.1 cm³/mol. The second kappa shape index (κ2) is 7.75. The molecule has 1 aliphatic carbocycles. The quantitative estimate of drug-likeness (QED) is 0.736. The van der Waals surface area contributed by atoms with Crippen LogP contribution in [0.5, 0.6) is 0 Å². The van der Waals surface area contributed by atoms with Crippen molar-refractivity contribution in [1.29, 1.82) is 0 Å². The molecule has 3 rings (SSSR count). The van der Waals surface area contributed by atoms with Crippen LogP contribution in [0.3, 0.4) is 0 Å². The summed E-state index contributed by atoms with van der Waals surface area (Å²) in [7, 11) is -3.41. The van der Waals surface area contributed by atoms with Crippen LogP contribution in [0.2, 0.25) is 0 Å². The fourth-order valence-electron chi connectivity index (χ4n) is 3.17. The molecule has 0 spiro atoms. The van der Waals surface area contributed by atoms with E-state index in [-0.39, 0.29) is 6.10 Å². The Balaban J connectivity index is 1.40. The van der Waals surface area contributed by atoms with Crippen LogP contribution >= 0.6 is 0 Å². The maximum atomic E-state index is 12.3. The van der Waals surface area contributed by atoms with Crippen LogP contribution in [0.15, 0.2) is 23.1 Å². The van der Waals surface area contributed by atoms with Gasteiger partial charge in [-0.1, -0.05) is 6.07 Å². The summed E-state index contributed by atoms with van der Waals surface area (Å²) in [6, 6.07) is 5.47. The Labute approximate surface area is 138 Å². The fraction of sp³-hybridized carbons (Fsp3) is 0.647. The average molecular weight is 339 g/mol. The molecule has 1 fully saturated rings. The maximum absolute atomic E-state index is 12.3. The van der Waals surface area contributed by atoms with E-state index in [9.17, 15) is 8.42 Å². The second-order valence-electron chi connectivity index (χ2n) is 6.25. The van der Waals surface area contributed by atoms with Gasteiger partial charge in [0.25, 0.3) is 0 Å². The Morgan fingerprint density at radius 1 is 1.22 bits per heavy atom. The van der Waals surface area contributed by atoms with Crippen molar-refractivity contribution in [1.82, 2.24) is 4.72 Å². The largest absolute Gasteiger partial charge is 0.379 e. The minimum Gasteiger partial charge on any atom is -0.379 e. The van der Waals surface area contributed by atoms with E-state index in [0.717, 1.165) is 38.7 Å². The van der Waals surface area contributed by atoms with Crippen molar-refractivity contribution in [3.63, 3.8) is 0 Å². The highest BCUT2D eigenvalue weighted by Crippen LogP contribution is 2.24. The van der Waals surface area contributed by atoms with Gasteiger partial charge >= 0.3 is 0 Å². The molecule has 1 saturated heterocycles. The van der Waals surface area contributed by atoms with Crippen molar-refractivity contribution in [2.24, 2.45) is 0 Å². The highest BCUT2D eigenvalue weighted by molar-refractivity contribution is 7.89.